The van der Waals surface area contributed by atoms with Crippen molar-refractivity contribution in [1.29, 1.82) is 0 Å². The van der Waals surface area contributed by atoms with Gasteiger partial charge in [-0.1, -0.05) is 6.07 Å². The summed E-state index contributed by atoms with van der Waals surface area (Å²) in [5, 5.41) is 13.6. The van der Waals surface area contributed by atoms with Crippen LogP contribution in [0.2, 0.25) is 0 Å². The molecule has 6 nitrogen and oxygen atoms in total. The summed E-state index contributed by atoms with van der Waals surface area (Å²) < 4.78 is 18.7. The van der Waals surface area contributed by atoms with E-state index in [1.54, 1.807) is 13.8 Å². The molecule has 2 amide bonds. The van der Waals surface area contributed by atoms with Crippen molar-refractivity contribution in [3.63, 3.8) is 0 Å². The molecular formula is C13H17FN2O4. The summed E-state index contributed by atoms with van der Waals surface area (Å²) in [6.07, 6.45) is 0. The van der Waals surface area contributed by atoms with Crippen LogP contribution in [0.4, 0.5) is 14.9 Å². The Bertz CT molecular complexity index is 517. The first-order chi connectivity index (χ1) is 9.26. The highest BCUT2D eigenvalue weighted by atomic mass is 19.1. The zero-order valence-electron chi connectivity index (χ0n) is 11.5. The van der Waals surface area contributed by atoms with E-state index in [4.69, 9.17) is 9.84 Å². The van der Waals surface area contributed by atoms with E-state index >= 15 is 0 Å². The van der Waals surface area contributed by atoms with Crippen LogP contribution in [-0.4, -0.2) is 36.4 Å². The number of methoxy groups -OCH3 is 1. The van der Waals surface area contributed by atoms with Gasteiger partial charge in [-0.15, -0.1) is 0 Å². The molecule has 0 aromatic heterocycles. The van der Waals surface area contributed by atoms with Gasteiger partial charge in [0, 0.05) is 13.7 Å². The normalized spacial score (nSPS) is 11.0. The van der Waals surface area contributed by atoms with Crippen LogP contribution >= 0.6 is 0 Å². The number of carboxylic acids is 1. The minimum absolute atomic E-state index is 0.187. The third-order valence-electron chi connectivity index (χ3n) is 2.71. The number of carbonyl (C=O) groups is 2. The van der Waals surface area contributed by atoms with Gasteiger partial charge in [0.05, 0.1) is 16.9 Å². The molecule has 0 saturated carbocycles. The molecule has 0 aliphatic heterocycles. The highest BCUT2D eigenvalue weighted by Gasteiger charge is 2.20. The zero-order valence-corrected chi connectivity index (χ0v) is 11.5. The number of aromatic carboxylic acids is 1. The van der Waals surface area contributed by atoms with Crippen LogP contribution in [0.3, 0.4) is 0 Å². The number of rotatable bonds is 5. The summed E-state index contributed by atoms with van der Waals surface area (Å²) in [7, 11) is 1.50. The molecule has 0 heterocycles. The molecule has 0 bridgehead atoms. The van der Waals surface area contributed by atoms with E-state index in [1.165, 1.54) is 19.2 Å². The fourth-order valence-corrected chi connectivity index (χ4v) is 1.35. The van der Waals surface area contributed by atoms with E-state index in [-0.39, 0.29) is 17.8 Å². The molecule has 110 valence electrons. The van der Waals surface area contributed by atoms with Gasteiger partial charge >= 0.3 is 12.0 Å². The van der Waals surface area contributed by atoms with Crippen LogP contribution in [0.1, 0.15) is 24.2 Å². The first kappa shape index (κ1) is 15.9. The van der Waals surface area contributed by atoms with E-state index < -0.39 is 23.4 Å². The number of amides is 2. The number of ether oxygens (including phenoxy) is 1. The molecule has 1 aromatic carbocycles. The number of para-hydroxylation sites is 1. The Kier molecular flexibility index (Phi) is 5.04. The summed E-state index contributed by atoms with van der Waals surface area (Å²) >= 11 is 0. The third kappa shape index (κ3) is 4.20. The average Bonchev–Trinajstić information content (AvgIpc) is 2.38. The minimum Gasteiger partial charge on any atom is -0.478 e. The Morgan fingerprint density at radius 3 is 2.60 bits per heavy atom. The van der Waals surface area contributed by atoms with Crippen molar-refractivity contribution in [3.8, 4) is 0 Å². The Morgan fingerprint density at radius 1 is 1.40 bits per heavy atom. The van der Waals surface area contributed by atoms with Crippen molar-refractivity contribution in [2.75, 3.05) is 19.0 Å². The summed E-state index contributed by atoms with van der Waals surface area (Å²) in [5.41, 5.74) is -1.26. The van der Waals surface area contributed by atoms with Crippen LogP contribution in [0.5, 0.6) is 0 Å². The predicted octanol–water partition coefficient (Wildman–Crippen LogP) is 2.07. The molecule has 7 heteroatoms. The van der Waals surface area contributed by atoms with E-state index in [0.717, 1.165) is 6.07 Å². The molecule has 1 aromatic rings. The van der Waals surface area contributed by atoms with E-state index in [2.05, 4.69) is 10.6 Å². The summed E-state index contributed by atoms with van der Waals surface area (Å²) in [4.78, 5) is 22.6. The smallest absolute Gasteiger partial charge is 0.337 e. The predicted molar refractivity (Wildman–Crippen MR) is 71.5 cm³/mol. The molecule has 0 radical (unpaired) electrons. The highest BCUT2D eigenvalue weighted by molar-refractivity contribution is 6.00. The largest absolute Gasteiger partial charge is 0.478 e. The van der Waals surface area contributed by atoms with Crippen LogP contribution in [0, 0.1) is 5.82 Å². The maximum atomic E-state index is 13.6. The molecular weight excluding hydrogens is 267 g/mol. The fraction of sp³-hybridized carbons (Fsp3) is 0.385. The van der Waals surface area contributed by atoms with Crippen molar-refractivity contribution < 1.29 is 23.8 Å². The maximum absolute atomic E-state index is 13.6. The Labute approximate surface area is 115 Å². The second kappa shape index (κ2) is 6.33. The van der Waals surface area contributed by atoms with Gasteiger partial charge in [-0.3, -0.25) is 0 Å². The second-order valence-corrected chi connectivity index (χ2v) is 4.74. The van der Waals surface area contributed by atoms with Gasteiger partial charge in [-0.2, -0.15) is 0 Å². The number of carboxylic acid groups (broad SMARTS) is 1. The SMILES string of the molecule is COC(C)(C)CNC(=O)Nc1c(F)cccc1C(=O)O. The fourth-order valence-electron chi connectivity index (χ4n) is 1.35. The lowest BCUT2D eigenvalue weighted by Crippen LogP contribution is -2.41. The number of carbonyl (C=O) groups excluding carboxylic acids is 1. The number of anilines is 1. The number of halogens is 1. The molecule has 1 rings (SSSR count). The third-order valence-corrected chi connectivity index (χ3v) is 2.71. The van der Waals surface area contributed by atoms with Gasteiger partial charge in [0.2, 0.25) is 0 Å². The van der Waals surface area contributed by atoms with Crippen molar-refractivity contribution in [2.24, 2.45) is 0 Å². The minimum atomic E-state index is -1.32. The standard InChI is InChI=1S/C13H17FN2O4/c1-13(2,20-3)7-15-12(19)16-10-8(11(17)18)5-4-6-9(10)14/h4-6H,7H2,1-3H3,(H,17,18)(H2,15,16,19). The summed E-state index contributed by atoms with van der Waals surface area (Å²) in [6.45, 7) is 3.71. The molecule has 0 saturated heterocycles. The summed E-state index contributed by atoms with van der Waals surface area (Å²) in [6, 6.07) is 2.83. The van der Waals surface area contributed by atoms with Crippen LogP contribution < -0.4 is 10.6 Å². The van der Waals surface area contributed by atoms with Crippen molar-refractivity contribution in [1.82, 2.24) is 5.32 Å². The molecule has 0 aliphatic carbocycles. The van der Waals surface area contributed by atoms with E-state index in [1.807, 2.05) is 0 Å². The van der Waals surface area contributed by atoms with Gasteiger partial charge < -0.3 is 20.5 Å². The molecule has 0 spiro atoms. The number of benzene rings is 1. The van der Waals surface area contributed by atoms with Crippen LogP contribution in [0.25, 0.3) is 0 Å². The van der Waals surface area contributed by atoms with Crippen molar-refractivity contribution >= 4 is 17.7 Å². The van der Waals surface area contributed by atoms with Gasteiger partial charge in [0.25, 0.3) is 0 Å². The average molecular weight is 284 g/mol. The maximum Gasteiger partial charge on any atom is 0.337 e. The lowest BCUT2D eigenvalue weighted by molar-refractivity contribution is 0.0257. The zero-order chi connectivity index (χ0) is 15.3. The first-order valence-electron chi connectivity index (χ1n) is 5.88. The molecule has 0 unspecified atom stereocenters. The Morgan fingerprint density at radius 2 is 2.05 bits per heavy atom. The number of nitrogens with one attached hydrogen (secondary N) is 2. The van der Waals surface area contributed by atoms with Gasteiger partial charge in [-0.05, 0) is 26.0 Å². The van der Waals surface area contributed by atoms with Crippen molar-refractivity contribution in [2.45, 2.75) is 19.4 Å². The van der Waals surface area contributed by atoms with E-state index in [9.17, 15) is 14.0 Å². The molecule has 0 aliphatic rings. The van der Waals surface area contributed by atoms with E-state index in [0.29, 0.717) is 0 Å². The van der Waals surface area contributed by atoms with Crippen LogP contribution in [0.15, 0.2) is 18.2 Å². The monoisotopic (exact) mass is 284 g/mol. The second-order valence-electron chi connectivity index (χ2n) is 4.74. The quantitative estimate of drug-likeness (QED) is 0.772. The lowest BCUT2D eigenvalue weighted by atomic mass is 10.1. The lowest BCUT2D eigenvalue weighted by Gasteiger charge is -2.23. The van der Waals surface area contributed by atoms with Gasteiger partial charge in [0.1, 0.15) is 5.82 Å². The Hall–Kier alpha value is -2.15. The van der Waals surface area contributed by atoms with Crippen molar-refractivity contribution in [3.05, 3.63) is 29.6 Å². The molecule has 0 atom stereocenters. The van der Waals surface area contributed by atoms with Gasteiger partial charge in [-0.25, -0.2) is 14.0 Å². The van der Waals surface area contributed by atoms with Gasteiger partial charge in [0.15, 0.2) is 0 Å². The number of urea groups is 1. The summed E-state index contributed by atoms with van der Waals surface area (Å²) in [5.74, 6) is -2.14. The first-order valence-corrected chi connectivity index (χ1v) is 5.88. The number of hydrogen-bond donors (Lipinski definition) is 3. The molecule has 3 N–H and O–H groups in total. The topological polar surface area (TPSA) is 87.7 Å². The molecule has 0 fully saturated rings. The number of hydrogen-bond acceptors (Lipinski definition) is 3. The van der Waals surface area contributed by atoms with Crippen LogP contribution in [-0.2, 0) is 4.74 Å². The Balaban J connectivity index is 2.79. The highest BCUT2D eigenvalue weighted by Crippen LogP contribution is 2.19. The molecule has 20 heavy (non-hydrogen) atoms.